The number of amides is 1. The summed E-state index contributed by atoms with van der Waals surface area (Å²) in [7, 11) is 0. The first kappa shape index (κ1) is 17.8. The van der Waals surface area contributed by atoms with E-state index in [4.69, 9.17) is 0 Å². The van der Waals surface area contributed by atoms with Crippen molar-refractivity contribution in [3.8, 4) is 0 Å². The zero-order valence-corrected chi connectivity index (χ0v) is 16.6. The fraction of sp³-hybridized carbons (Fsp3) is 0.263. The maximum absolute atomic E-state index is 11.9. The van der Waals surface area contributed by atoms with E-state index in [1.807, 2.05) is 53.1 Å². The molecule has 1 aromatic carbocycles. The lowest BCUT2D eigenvalue weighted by molar-refractivity contribution is -0.117. The molecule has 29 heavy (non-hydrogen) atoms. The van der Waals surface area contributed by atoms with Gasteiger partial charge in [-0.25, -0.2) is 9.67 Å². The van der Waals surface area contributed by atoms with E-state index in [1.165, 1.54) is 0 Å². The van der Waals surface area contributed by atoms with E-state index in [1.54, 1.807) is 18.1 Å². The predicted molar refractivity (Wildman–Crippen MR) is 110 cm³/mol. The largest absolute Gasteiger partial charge is 0.326 e. The average Bonchev–Trinajstić information content (AvgIpc) is 3.32. The molecule has 2 aliphatic rings. The molecule has 3 aromatic rings. The number of rotatable bonds is 6. The Bertz CT molecular complexity index is 1070. The van der Waals surface area contributed by atoms with Gasteiger partial charge in [-0.15, -0.1) is 0 Å². The van der Waals surface area contributed by atoms with Gasteiger partial charge in [0, 0.05) is 28.3 Å². The maximum atomic E-state index is 11.9. The molecule has 1 amide bonds. The van der Waals surface area contributed by atoms with E-state index in [-0.39, 0.29) is 11.8 Å². The second-order valence-corrected chi connectivity index (χ2v) is 8.22. The smallest absolute Gasteiger partial charge is 0.227 e. The van der Waals surface area contributed by atoms with E-state index >= 15 is 0 Å². The van der Waals surface area contributed by atoms with Gasteiger partial charge in [-0.3, -0.25) is 20.3 Å². The molecular weight excluding hydrogens is 388 g/mol. The summed E-state index contributed by atoms with van der Waals surface area (Å²) < 4.78 is 1.83. The van der Waals surface area contributed by atoms with Crippen LogP contribution in [0.5, 0.6) is 0 Å². The fourth-order valence-electron chi connectivity index (χ4n) is 3.02. The number of nitrogens with one attached hydrogen (secondary N) is 3. The molecule has 0 bridgehead atoms. The lowest BCUT2D eigenvalue weighted by Crippen LogP contribution is -2.30. The first-order valence-electron chi connectivity index (χ1n) is 9.39. The van der Waals surface area contributed by atoms with Crippen LogP contribution in [0.15, 0.2) is 47.8 Å². The standard InChI is InChI=1S/C19H20N8OS/c1-12-8-16(24-23-12)25-26-9-17-20-11-21-27(17)18(10-26)29-15-6-4-14(5-7-15)22-19(28)13-2-3-13/h4-8,10-11,13H,2-3,9H2,1H3,(H,22,28)(H2,23,24,25). The van der Waals surface area contributed by atoms with Gasteiger partial charge in [-0.1, -0.05) is 11.8 Å². The van der Waals surface area contributed by atoms with Crippen LogP contribution in [0.2, 0.25) is 0 Å². The quantitative estimate of drug-likeness (QED) is 0.576. The summed E-state index contributed by atoms with van der Waals surface area (Å²) in [4.78, 5) is 17.3. The lowest BCUT2D eigenvalue weighted by atomic mass is 10.3. The summed E-state index contributed by atoms with van der Waals surface area (Å²) in [5, 5.41) is 17.3. The van der Waals surface area contributed by atoms with Crippen molar-refractivity contribution in [2.75, 3.05) is 10.7 Å². The number of hydrogen-bond acceptors (Lipinski definition) is 7. The van der Waals surface area contributed by atoms with E-state index in [2.05, 4.69) is 31.0 Å². The summed E-state index contributed by atoms with van der Waals surface area (Å²) in [6, 6.07) is 9.78. The Morgan fingerprint density at radius 2 is 2.10 bits per heavy atom. The van der Waals surface area contributed by atoms with Crippen molar-refractivity contribution in [2.45, 2.75) is 31.2 Å². The summed E-state index contributed by atoms with van der Waals surface area (Å²) >= 11 is 1.58. The van der Waals surface area contributed by atoms with Crippen molar-refractivity contribution < 1.29 is 4.79 Å². The molecule has 0 spiro atoms. The maximum Gasteiger partial charge on any atom is 0.227 e. The number of thioether (sulfide) groups is 1. The van der Waals surface area contributed by atoms with Crippen LogP contribution in [-0.4, -0.2) is 35.9 Å². The van der Waals surface area contributed by atoms with E-state index < -0.39 is 0 Å². The molecule has 1 aliphatic heterocycles. The zero-order chi connectivity index (χ0) is 19.8. The van der Waals surface area contributed by atoms with Crippen LogP contribution >= 0.6 is 11.8 Å². The number of nitrogens with zero attached hydrogens (tertiary/aromatic N) is 5. The number of aromatic amines is 1. The fourth-order valence-corrected chi connectivity index (χ4v) is 3.96. The number of carbonyl (C=O) groups excluding carboxylic acids is 1. The topological polar surface area (TPSA) is 104 Å². The van der Waals surface area contributed by atoms with E-state index in [9.17, 15) is 4.79 Å². The molecule has 0 radical (unpaired) electrons. The highest BCUT2D eigenvalue weighted by atomic mass is 32.2. The monoisotopic (exact) mass is 408 g/mol. The second-order valence-electron chi connectivity index (χ2n) is 7.12. The normalized spacial score (nSPS) is 15.6. The Labute approximate surface area is 171 Å². The Balaban J connectivity index is 1.31. The van der Waals surface area contributed by atoms with Crippen LogP contribution in [0.25, 0.3) is 5.03 Å². The number of aryl methyl sites for hydroxylation is 1. The summed E-state index contributed by atoms with van der Waals surface area (Å²) in [5.74, 6) is 1.89. The van der Waals surface area contributed by atoms with Crippen molar-refractivity contribution >= 4 is 34.2 Å². The highest BCUT2D eigenvalue weighted by Crippen LogP contribution is 2.34. The average molecular weight is 408 g/mol. The highest BCUT2D eigenvalue weighted by Gasteiger charge is 2.29. The number of hydrazine groups is 1. The second kappa shape index (κ2) is 7.28. The molecular formula is C19H20N8OS. The van der Waals surface area contributed by atoms with Crippen molar-refractivity contribution in [1.82, 2.24) is 30.0 Å². The van der Waals surface area contributed by atoms with Gasteiger partial charge in [0.2, 0.25) is 5.91 Å². The van der Waals surface area contributed by atoms with Crippen LogP contribution in [0.3, 0.4) is 0 Å². The van der Waals surface area contributed by atoms with Gasteiger partial charge in [-0.05, 0) is 44.0 Å². The Hall–Kier alpha value is -3.27. The SMILES string of the molecule is Cc1cc(NN2C=C(Sc3ccc(NC(=O)C4CC4)cc3)n3ncnc3C2)n[nH]1. The minimum Gasteiger partial charge on any atom is -0.326 e. The van der Waals surface area contributed by atoms with Gasteiger partial charge >= 0.3 is 0 Å². The van der Waals surface area contributed by atoms with Gasteiger partial charge in [0.05, 0.1) is 12.7 Å². The molecule has 9 nitrogen and oxygen atoms in total. The Morgan fingerprint density at radius 1 is 1.28 bits per heavy atom. The minimum absolute atomic E-state index is 0.114. The molecule has 0 unspecified atom stereocenters. The molecule has 0 saturated heterocycles. The van der Waals surface area contributed by atoms with E-state index in [0.29, 0.717) is 6.54 Å². The highest BCUT2D eigenvalue weighted by molar-refractivity contribution is 8.08. The molecule has 2 aromatic heterocycles. The molecule has 10 heteroatoms. The van der Waals surface area contributed by atoms with Crippen molar-refractivity contribution in [1.29, 1.82) is 0 Å². The van der Waals surface area contributed by atoms with Crippen LogP contribution < -0.4 is 10.7 Å². The number of carbonyl (C=O) groups is 1. The van der Waals surface area contributed by atoms with Crippen molar-refractivity contribution in [3.63, 3.8) is 0 Å². The number of hydrogen-bond donors (Lipinski definition) is 3. The molecule has 1 saturated carbocycles. The summed E-state index contributed by atoms with van der Waals surface area (Å²) in [5.41, 5.74) is 5.08. The van der Waals surface area contributed by atoms with Crippen LogP contribution in [-0.2, 0) is 11.3 Å². The van der Waals surface area contributed by atoms with Crippen LogP contribution in [0.1, 0.15) is 24.4 Å². The predicted octanol–water partition coefficient (Wildman–Crippen LogP) is 3.05. The summed E-state index contributed by atoms with van der Waals surface area (Å²) in [6.45, 7) is 2.53. The van der Waals surface area contributed by atoms with E-state index in [0.717, 1.165) is 45.8 Å². The molecule has 0 atom stereocenters. The molecule has 5 rings (SSSR count). The Kier molecular flexibility index (Phi) is 4.47. The number of anilines is 2. The number of benzene rings is 1. The van der Waals surface area contributed by atoms with Crippen LogP contribution in [0.4, 0.5) is 11.5 Å². The third kappa shape index (κ3) is 3.97. The van der Waals surface area contributed by atoms with Crippen LogP contribution in [0, 0.1) is 12.8 Å². The molecule has 148 valence electrons. The summed E-state index contributed by atoms with van der Waals surface area (Å²) in [6.07, 6.45) is 5.54. The molecule has 1 aliphatic carbocycles. The van der Waals surface area contributed by atoms with Gasteiger partial charge in [0.15, 0.2) is 11.6 Å². The zero-order valence-electron chi connectivity index (χ0n) is 15.8. The molecule has 3 heterocycles. The molecule has 1 fully saturated rings. The van der Waals surface area contributed by atoms with Crippen molar-refractivity contribution in [3.05, 3.63) is 54.4 Å². The number of fused-ring (bicyclic) bond motifs is 1. The third-order valence-electron chi connectivity index (χ3n) is 4.66. The van der Waals surface area contributed by atoms with Gasteiger partial charge in [0.1, 0.15) is 11.4 Å². The third-order valence-corrected chi connectivity index (χ3v) is 5.66. The minimum atomic E-state index is 0.114. The Morgan fingerprint density at radius 3 is 2.83 bits per heavy atom. The van der Waals surface area contributed by atoms with Crippen molar-refractivity contribution in [2.24, 2.45) is 5.92 Å². The molecule has 3 N–H and O–H groups in total. The lowest BCUT2D eigenvalue weighted by Gasteiger charge is -2.26. The first-order valence-corrected chi connectivity index (χ1v) is 10.2. The number of H-pyrrole nitrogens is 1. The number of aromatic nitrogens is 5. The van der Waals surface area contributed by atoms with Gasteiger partial charge in [-0.2, -0.15) is 10.2 Å². The first-order chi connectivity index (χ1) is 14.1. The van der Waals surface area contributed by atoms with Gasteiger partial charge < -0.3 is 5.32 Å². The van der Waals surface area contributed by atoms with Gasteiger partial charge in [0.25, 0.3) is 0 Å².